The van der Waals surface area contributed by atoms with Gasteiger partial charge in [-0.2, -0.15) is 0 Å². The Morgan fingerprint density at radius 3 is 2.58 bits per heavy atom. The van der Waals surface area contributed by atoms with E-state index in [9.17, 15) is 0 Å². The van der Waals surface area contributed by atoms with Crippen LogP contribution in [0.5, 0.6) is 0 Å². The Morgan fingerprint density at radius 2 is 2.00 bits per heavy atom. The van der Waals surface area contributed by atoms with Crippen molar-refractivity contribution in [3.63, 3.8) is 0 Å². The van der Waals surface area contributed by atoms with Crippen LogP contribution in [0.1, 0.15) is 25.7 Å². The average molecular weight is 486 g/mol. The van der Waals surface area contributed by atoms with Crippen molar-refractivity contribution in [1.29, 1.82) is 0 Å². The van der Waals surface area contributed by atoms with Crippen LogP contribution in [0.4, 0.5) is 0 Å². The molecule has 144 valence electrons. The minimum atomic E-state index is 0. The first-order valence-electron chi connectivity index (χ1n) is 9.27. The third-order valence-electron chi connectivity index (χ3n) is 5.00. The quantitative estimate of drug-likeness (QED) is 0.267. The molecule has 0 radical (unpaired) electrons. The maximum atomic E-state index is 4.43. The van der Waals surface area contributed by atoms with E-state index in [0.717, 1.165) is 32.1 Å². The number of rotatable bonds is 7. The SMILES string of the molecule is C=CCN1CCC(NC(=NC)NCC2(Sc3ccccc3)CC2)CC1.I. The molecule has 26 heavy (non-hydrogen) atoms. The Bertz CT molecular complexity index is 581. The van der Waals surface area contributed by atoms with Gasteiger partial charge in [0, 0.05) is 48.9 Å². The number of aliphatic imine (C=N–C) groups is 1. The van der Waals surface area contributed by atoms with Gasteiger partial charge < -0.3 is 10.6 Å². The molecule has 0 bridgehead atoms. The van der Waals surface area contributed by atoms with E-state index in [-0.39, 0.29) is 24.0 Å². The van der Waals surface area contributed by atoms with Crippen LogP contribution in [0, 0.1) is 0 Å². The second kappa shape index (κ2) is 10.6. The third-order valence-corrected chi connectivity index (χ3v) is 6.50. The van der Waals surface area contributed by atoms with Crippen molar-refractivity contribution in [2.24, 2.45) is 4.99 Å². The van der Waals surface area contributed by atoms with Crippen molar-refractivity contribution in [2.75, 3.05) is 33.2 Å². The predicted octanol–water partition coefficient (Wildman–Crippen LogP) is 3.74. The molecule has 1 saturated carbocycles. The van der Waals surface area contributed by atoms with Crippen LogP contribution in [0.25, 0.3) is 0 Å². The van der Waals surface area contributed by atoms with Crippen molar-refractivity contribution in [1.82, 2.24) is 15.5 Å². The Labute approximate surface area is 179 Å². The first-order valence-corrected chi connectivity index (χ1v) is 10.1. The highest BCUT2D eigenvalue weighted by Crippen LogP contribution is 2.51. The van der Waals surface area contributed by atoms with Crippen LogP contribution in [0.2, 0.25) is 0 Å². The van der Waals surface area contributed by atoms with Gasteiger partial charge in [-0.15, -0.1) is 42.3 Å². The molecule has 2 N–H and O–H groups in total. The van der Waals surface area contributed by atoms with Crippen molar-refractivity contribution in [2.45, 2.75) is 41.4 Å². The molecule has 0 atom stereocenters. The van der Waals surface area contributed by atoms with Gasteiger partial charge in [0.25, 0.3) is 0 Å². The molecule has 1 heterocycles. The summed E-state index contributed by atoms with van der Waals surface area (Å²) in [5.74, 6) is 0.946. The lowest BCUT2D eigenvalue weighted by Crippen LogP contribution is -2.49. The summed E-state index contributed by atoms with van der Waals surface area (Å²) >= 11 is 2.00. The van der Waals surface area contributed by atoms with Gasteiger partial charge in [0.05, 0.1) is 0 Å². The number of halogens is 1. The van der Waals surface area contributed by atoms with E-state index in [1.165, 1.54) is 30.6 Å². The van der Waals surface area contributed by atoms with E-state index in [1.807, 2.05) is 24.9 Å². The van der Waals surface area contributed by atoms with Crippen molar-refractivity contribution in [3.8, 4) is 0 Å². The fourth-order valence-electron chi connectivity index (χ4n) is 3.27. The zero-order chi connectivity index (χ0) is 17.5. The molecule has 6 heteroatoms. The minimum Gasteiger partial charge on any atom is -0.355 e. The van der Waals surface area contributed by atoms with E-state index >= 15 is 0 Å². The molecule has 0 unspecified atom stereocenters. The molecule has 3 rings (SSSR count). The summed E-state index contributed by atoms with van der Waals surface area (Å²) in [5, 5.41) is 7.17. The summed E-state index contributed by atoms with van der Waals surface area (Å²) in [4.78, 5) is 8.25. The summed E-state index contributed by atoms with van der Waals surface area (Å²) in [6.07, 6.45) is 6.87. The summed E-state index contributed by atoms with van der Waals surface area (Å²) < 4.78 is 0.340. The molecule has 4 nitrogen and oxygen atoms in total. The Balaban J connectivity index is 0.00000243. The molecule has 1 saturated heterocycles. The predicted molar refractivity (Wildman–Crippen MR) is 124 cm³/mol. The van der Waals surface area contributed by atoms with Gasteiger partial charge in [0.2, 0.25) is 0 Å². The van der Waals surface area contributed by atoms with E-state index in [4.69, 9.17) is 0 Å². The fraction of sp³-hybridized carbons (Fsp3) is 0.550. The lowest BCUT2D eigenvalue weighted by Gasteiger charge is -2.32. The zero-order valence-corrected chi connectivity index (χ0v) is 18.8. The monoisotopic (exact) mass is 486 g/mol. The summed E-state index contributed by atoms with van der Waals surface area (Å²) in [6, 6.07) is 11.2. The highest BCUT2D eigenvalue weighted by molar-refractivity contribution is 14.0. The van der Waals surface area contributed by atoms with Crippen molar-refractivity contribution in [3.05, 3.63) is 43.0 Å². The molecule has 0 amide bonds. The smallest absolute Gasteiger partial charge is 0.191 e. The molecule has 1 aliphatic carbocycles. The second-order valence-corrected chi connectivity index (χ2v) is 8.57. The number of thioether (sulfide) groups is 1. The molecule has 0 spiro atoms. The third kappa shape index (κ3) is 6.46. The van der Waals surface area contributed by atoms with Crippen LogP contribution in [0.3, 0.4) is 0 Å². The summed E-state index contributed by atoms with van der Waals surface area (Å²) in [6.45, 7) is 8.07. The highest BCUT2D eigenvalue weighted by Gasteiger charge is 2.43. The van der Waals surface area contributed by atoms with Gasteiger partial charge in [0.1, 0.15) is 0 Å². The standard InChI is InChI=1S/C20H30N4S.HI/c1-3-13-24-14-9-17(10-15-24)23-19(21-2)22-16-20(11-12-20)25-18-7-5-4-6-8-18;/h3-8,17H,1,9-16H2,2H3,(H2,21,22,23);1H. The molecule has 2 fully saturated rings. The van der Waals surface area contributed by atoms with Crippen LogP contribution >= 0.6 is 35.7 Å². The van der Waals surface area contributed by atoms with Gasteiger partial charge in [-0.25, -0.2) is 0 Å². The summed E-state index contributed by atoms with van der Waals surface area (Å²) in [5.41, 5.74) is 0. The average Bonchev–Trinajstić information content (AvgIpc) is 3.41. The van der Waals surface area contributed by atoms with Gasteiger partial charge in [0.15, 0.2) is 5.96 Å². The number of likely N-dealkylation sites (tertiary alicyclic amines) is 1. The minimum absolute atomic E-state index is 0. The van der Waals surface area contributed by atoms with Crippen molar-refractivity contribution < 1.29 is 0 Å². The number of benzene rings is 1. The Hall–Kier alpha value is -0.730. The maximum Gasteiger partial charge on any atom is 0.191 e. The van der Waals surface area contributed by atoms with E-state index in [0.29, 0.717) is 10.8 Å². The van der Waals surface area contributed by atoms with Gasteiger partial charge >= 0.3 is 0 Å². The number of nitrogens with zero attached hydrogens (tertiary/aromatic N) is 2. The lowest BCUT2D eigenvalue weighted by atomic mass is 10.1. The molecule has 1 aliphatic heterocycles. The largest absolute Gasteiger partial charge is 0.355 e. The highest BCUT2D eigenvalue weighted by atomic mass is 127. The number of nitrogens with one attached hydrogen (secondary N) is 2. The normalized spacial score (nSPS) is 20.1. The van der Waals surface area contributed by atoms with Crippen LogP contribution in [-0.2, 0) is 0 Å². The van der Waals surface area contributed by atoms with E-state index in [1.54, 1.807) is 0 Å². The van der Waals surface area contributed by atoms with Gasteiger partial charge in [-0.1, -0.05) is 24.3 Å². The summed E-state index contributed by atoms with van der Waals surface area (Å²) in [7, 11) is 1.87. The fourth-order valence-corrected chi connectivity index (χ4v) is 4.51. The number of piperidine rings is 1. The maximum absolute atomic E-state index is 4.43. The number of hydrogen-bond acceptors (Lipinski definition) is 3. The molecular formula is C20H31IN4S. The first-order chi connectivity index (χ1) is 12.2. The zero-order valence-electron chi connectivity index (χ0n) is 15.6. The lowest BCUT2D eigenvalue weighted by molar-refractivity contribution is 0.225. The van der Waals surface area contributed by atoms with Gasteiger partial charge in [-0.05, 0) is 37.8 Å². The first kappa shape index (κ1) is 21.6. The van der Waals surface area contributed by atoms with Crippen LogP contribution in [0.15, 0.2) is 52.9 Å². The Morgan fingerprint density at radius 1 is 1.31 bits per heavy atom. The second-order valence-electron chi connectivity index (χ2n) is 7.03. The van der Waals surface area contributed by atoms with Crippen LogP contribution < -0.4 is 10.6 Å². The molecule has 1 aromatic carbocycles. The Kier molecular flexibility index (Phi) is 8.76. The molecular weight excluding hydrogens is 455 g/mol. The number of hydrogen-bond donors (Lipinski definition) is 2. The van der Waals surface area contributed by atoms with Crippen molar-refractivity contribution >= 4 is 41.7 Å². The molecule has 2 aliphatic rings. The molecule has 0 aromatic heterocycles. The number of guanidine groups is 1. The molecule has 1 aromatic rings. The van der Waals surface area contributed by atoms with E-state index < -0.39 is 0 Å². The van der Waals surface area contributed by atoms with Gasteiger partial charge in [-0.3, -0.25) is 9.89 Å². The van der Waals surface area contributed by atoms with Crippen LogP contribution in [-0.4, -0.2) is 54.9 Å². The topological polar surface area (TPSA) is 39.7 Å². The van der Waals surface area contributed by atoms with E-state index in [2.05, 4.69) is 57.4 Å².